The first-order chi connectivity index (χ1) is 16.3. The lowest BCUT2D eigenvalue weighted by atomic mass is 10.1. The molecule has 33 heavy (non-hydrogen) atoms. The molecular formula is C25H26N6O2. The number of benzene rings is 2. The van der Waals surface area contributed by atoms with Gasteiger partial charge in [0.2, 0.25) is 5.82 Å². The van der Waals surface area contributed by atoms with Crippen LogP contribution in [0.2, 0.25) is 0 Å². The van der Waals surface area contributed by atoms with Crippen molar-refractivity contribution in [2.75, 3.05) is 12.0 Å². The summed E-state index contributed by atoms with van der Waals surface area (Å²) in [6, 6.07) is 18.1. The van der Waals surface area contributed by atoms with E-state index >= 15 is 0 Å². The Bertz CT molecular complexity index is 1180. The highest BCUT2D eigenvalue weighted by atomic mass is 16.5. The van der Waals surface area contributed by atoms with Gasteiger partial charge in [0.05, 0.1) is 18.9 Å². The number of anilines is 2. The van der Waals surface area contributed by atoms with Gasteiger partial charge in [-0.3, -0.25) is 4.98 Å². The average molecular weight is 443 g/mol. The second-order valence-electron chi connectivity index (χ2n) is 8.07. The van der Waals surface area contributed by atoms with Gasteiger partial charge in [-0.1, -0.05) is 24.3 Å². The Morgan fingerprint density at radius 1 is 1.06 bits per heavy atom. The first-order valence-electron chi connectivity index (χ1n) is 11.2. The zero-order chi connectivity index (χ0) is 22.5. The third-order valence-corrected chi connectivity index (χ3v) is 5.88. The summed E-state index contributed by atoms with van der Waals surface area (Å²) in [4.78, 5) is 6.52. The normalized spacial score (nSPS) is 13.7. The van der Waals surface area contributed by atoms with Gasteiger partial charge in [0, 0.05) is 30.2 Å². The monoisotopic (exact) mass is 442 g/mol. The van der Waals surface area contributed by atoms with Gasteiger partial charge in [-0.25, -0.2) is 0 Å². The number of nitrogens with one attached hydrogen (secondary N) is 1. The minimum Gasteiger partial charge on any atom is -0.493 e. The highest BCUT2D eigenvalue weighted by molar-refractivity contribution is 5.75. The van der Waals surface area contributed by atoms with E-state index in [1.54, 1.807) is 13.3 Å². The van der Waals surface area contributed by atoms with Crippen LogP contribution in [0.15, 0.2) is 67.0 Å². The van der Waals surface area contributed by atoms with Crippen molar-refractivity contribution in [2.45, 2.75) is 38.3 Å². The number of rotatable bonds is 8. The molecule has 0 amide bonds. The molecule has 0 aliphatic heterocycles. The van der Waals surface area contributed by atoms with Crippen molar-refractivity contribution < 1.29 is 9.47 Å². The zero-order valence-electron chi connectivity index (χ0n) is 18.5. The molecule has 0 atom stereocenters. The fourth-order valence-corrected chi connectivity index (χ4v) is 4.26. The minimum absolute atomic E-state index is 0.200. The Labute approximate surface area is 192 Å². The number of aromatic amines is 1. The van der Waals surface area contributed by atoms with E-state index in [0.29, 0.717) is 12.4 Å². The van der Waals surface area contributed by atoms with E-state index < -0.39 is 0 Å². The molecular weight excluding hydrogens is 416 g/mol. The van der Waals surface area contributed by atoms with Gasteiger partial charge < -0.3 is 14.4 Å². The molecule has 2 aromatic heterocycles. The van der Waals surface area contributed by atoms with E-state index in [1.807, 2.05) is 36.5 Å². The number of H-pyrrole nitrogens is 1. The molecule has 4 aromatic rings. The molecule has 5 rings (SSSR count). The number of methoxy groups -OCH3 is 1. The first-order valence-corrected chi connectivity index (χ1v) is 11.2. The van der Waals surface area contributed by atoms with Crippen LogP contribution in [0.1, 0.15) is 31.2 Å². The fraction of sp³-hybridized carbons (Fsp3) is 0.280. The smallest absolute Gasteiger partial charge is 0.204 e. The second kappa shape index (κ2) is 9.68. The number of para-hydroxylation sites is 1. The van der Waals surface area contributed by atoms with Crippen molar-refractivity contribution in [3.8, 4) is 22.9 Å². The molecule has 0 unspecified atom stereocenters. The molecule has 168 valence electrons. The van der Waals surface area contributed by atoms with E-state index in [2.05, 4.69) is 54.8 Å². The molecule has 0 spiro atoms. The van der Waals surface area contributed by atoms with Crippen LogP contribution < -0.4 is 14.4 Å². The average Bonchev–Trinajstić information content (AvgIpc) is 3.58. The van der Waals surface area contributed by atoms with Crippen LogP contribution in [0.25, 0.3) is 11.4 Å². The fourth-order valence-electron chi connectivity index (χ4n) is 4.26. The Balaban J connectivity index is 1.60. The number of aromatic nitrogens is 5. The number of pyridine rings is 1. The van der Waals surface area contributed by atoms with Gasteiger partial charge in [0.15, 0.2) is 11.5 Å². The number of nitrogens with zero attached hydrogens (tertiary/aromatic N) is 5. The molecule has 0 radical (unpaired) electrons. The topological polar surface area (TPSA) is 89.1 Å². The van der Waals surface area contributed by atoms with Crippen molar-refractivity contribution in [3.05, 3.63) is 72.6 Å². The summed E-state index contributed by atoms with van der Waals surface area (Å²) in [5, 5.41) is 14.5. The van der Waals surface area contributed by atoms with Crippen LogP contribution in [0.3, 0.4) is 0 Å². The van der Waals surface area contributed by atoms with Crippen LogP contribution in [-0.4, -0.2) is 38.8 Å². The van der Waals surface area contributed by atoms with E-state index in [0.717, 1.165) is 46.8 Å². The molecule has 2 heterocycles. The summed E-state index contributed by atoms with van der Waals surface area (Å²) in [5.74, 6) is 2.04. The molecule has 1 N–H and O–H groups in total. The summed E-state index contributed by atoms with van der Waals surface area (Å²) >= 11 is 0. The van der Waals surface area contributed by atoms with Gasteiger partial charge in [-0.05, 0) is 66.8 Å². The molecule has 1 fully saturated rings. The maximum Gasteiger partial charge on any atom is 0.204 e. The van der Waals surface area contributed by atoms with E-state index in [9.17, 15) is 0 Å². The lowest BCUT2D eigenvalue weighted by molar-refractivity contribution is 0.201. The van der Waals surface area contributed by atoms with E-state index in [-0.39, 0.29) is 6.10 Å². The maximum atomic E-state index is 6.55. The lowest BCUT2D eigenvalue weighted by Crippen LogP contribution is -2.20. The Kier molecular flexibility index (Phi) is 6.14. The predicted octanol–water partition coefficient (Wildman–Crippen LogP) is 4.93. The predicted molar refractivity (Wildman–Crippen MR) is 126 cm³/mol. The molecule has 0 saturated heterocycles. The van der Waals surface area contributed by atoms with Crippen LogP contribution in [0.5, 0.6) is 11.5 Å². The lowest BCUT2D eigenvalue weighted by Gasteiger charge is -2.29. The molecule has 2 aromatic carbocycles. The summed E-state index contributed by atoms with van der Waals surface area (Å²) in [5.41, 5.74) is 3.87. The first kappa shape index (κ1) is 20.9. The second-order valence-corrected chi connectivity index (χ2v) is 8.07. The largest absolute Gasteiger partial charge is 0.493 e. The Hall–Kier alpha value is -3.94. The van der Waals surface area contributed by atoms with Crippen molar-refractivity contribution in [3.63, 3.8) is 0 Å². The molecule has 1 aliphatic rings. The molecule has 8 heteroatoms. The molecule has 1 saturated carbocycles. The van der Waals surface area contributed by atoms with E-state index in [1.165, 1.54) is 12.8 Å². The van der Waals surface area contributed by atoms with Crippen molar-refractivity contribution in [2.24, 2.45) is 0 Å². The number of ether oxygens (including phenoxy) is 2. The zero-order valence-corrected chi connectivity index (χ0v) is 18.5. The third kappa shape index (κ3) is 4.64. The highest BCUT2D eigenvalue weighted by Crippen LogP contribution is 2.43. The summed E-state index contributed by atoms with van der Waals surface area (Å²) in [6.07, 6.45) is 8.38. The third-order valence-electron chi connectivity index (χ3n) is 5.88. The van der Waals surface area contributed by atoms with Gasteiger partial charge in [-0.2, -0.15) is 5.21 Å². The summed E-state index contributed by atoms with van der Waals surface area (Å²) < 4.78 is 12.3. The van der Waals surface area contributed by atoms with Crippen molar-refractivity contribution >= 4 is 11.4 Å². The van der Waals surface area contributed by atoms with Crippen LogP contribution in [0.4, 0.5) is 11.4 Å². The maximum absolute atomic E-state index is 6.55. The number of tetrazole rings is 1. The minimum atomic E-state index is 0.200. The number of hydrogen-bond donors (Lipinski definition) is 1. The van der Waals surface area contributed by atoms with Crippen molar-refractivity contribution in [1.82, 2.24) is 25.6 Å². The van der Waals surface area contributed by atoms with Crippen LogP contribution in [0, 0.1) is 0 Å². The number of hydrogen-bond acceptors (Lipinski definition) is 7. The molecule has 0 bridgehead atoms. The van der Waals surface area contributed by atoms with Gasteiger partial charge in [0.1, 0.15) is 0 Å². The standard InChI is InChI=1S/C25H26N6O2/c1-32-23-13-5-12-22(24(23)33-21-10-2-3-11-21)31(17-18-7-6-14-26-16-18)20-9-4-8-19(15-20)25-27-29-30-28-25/h4-9,12-16,21H,2-3,10-11,17H2,1H3,(H,27,28,29,30). The van der Waals surface area contributed by atoms with Gasteiger partial charge in [-0.15, -0.1) is 10.2 Å². The Morgan fingerprint density at radius 3 is 2.70 bits per heavy atom. The molecule has 8 nitrogen and oxygen atoms in total. The Morgan fingerprint density at radius 2 is 1.94 bits per heavy atom. The summed E-state index contributed by atoms with van der Waals surface area (Å²) in [6.45, 7) is 0.609. The van der Waals surface area contributed by atoms with E-state index in [4.69, 9.17) is 9.47 Å². The van der Waals surface area contributed by atoms with Crippen LogP contribution >= 0.6 is 0 Å². The highest BCUT2D eigenvalue weighted by Gasteiger charge is 2.24. The quantitative estimate of drug-likeness (QED) is 0.414. The molecule has 1 aliphatic carbocycles. The van der Waals surface area contributed by atoms with Crippen LogP contribution in [-0.2, 0) is 6.54 Å². The SMILES string of the molecule is COc1cccc(N(Cc2cccnc2)c2cccc(-c3nn[nH]n3)c2)c1OC1CCCC1. The van der Waals surface area contributed by atoms with Gasteiger partial charge >= 0.3 is 0 Å². The van der Waals surface area contributed by atoms with Crippen molar-refractivity contribution in [1.29, 1.82) is 0 Å². The van der Waals surface area contributed by atoms with Gasteiger partial charge in [0.25, 0.3) is 0 Å². The summed E-state index contributed by atoms with van der Waals surface area (Å²) in [7, 11) is 1.68.